The lowest BCUT2D eigenvalue weighted by Crippen LogP contribution is -2.41. The Morgan fingerprint density at radius 2 is 1.96 bits per heavy atom. The molecule has 5 nitrogen and oxygen atoms in total. The summed E-state index contributed by atoms with van der Waals surface area (Å²) in [6.07, 6.45) is -3.53. The molecule has 2 amide bonds. The summed E-state index contributed by atoms with van der Waals surface area (Å²) in [6.45, 7) is 0.885. The molecule has 0 radical (unpaired) electrons. The van der Waals surface area contributed by atoms with Crippen molar-refractivity contribution in [3.63, 3.8) is 0 Å². The van der Waals surface area contributed by atoms with Gasteiger partial charge in [0.1, 0.15) is 0 Å². The average molecular weight is 343 g/mol. The number of rotatable bonds is 5. The van der Waals surface area contributed by atoms with Crippen LogP contribution in [0.1, 0.15) is 18.4 Å². The Hall–Kier alpha value is -2.09. The molecule has 1 aliphatic heterocycles. The molecule has 24 heavy (non-hydrogen) atoms. The van der Waals surface area contributed by atoms with Crippen LogP contribution in [0.15, 0.2) is 24.3 Å². The molecule has 1 aromatic rings. The van der Waals surface area contributed by atoms with Gasteiger partial charge in [0.15, 0.2) is 0 Å². The van der Waals surface area contributed by atoms with E-state index < -0.39 is 11.7 Å². The van der Waals surface area contributed by atoms with Crippen molar-refractivity contribution in [2.45, 2.75) is 25.1 Å². The molecule has 1 aliphatic rings. The zero-order valence-electron chi connectivity index (χ0n) is 13.6. The number of carbonyl (C=O) groups is 2. The number of nitrogens with one attached hydrogen (secondary N) is 1. The molecule has 0 bridgehead atoms. The molecule has 1 fully saturated rings. The van der Waals surface area contributed by atoms with E-state index in [0.717, 1.165) is 12.1 Å². The minimum absolute atomic E-state index is 0.105. The Morgan fingerprint density at radius 1 is 1.33 bits per heavy atom. The lowest BCUT2D eigenvalue weighted by atomic mass is 10.2. The van der Waals surface area contributed by atoms with Crippen LogP contribution in [0, 0.1) is 0 Å². The van der Waals surface area contributed by atoms with Gasteiger partial charge >= 0.3 is 6.18 Å². The molecule has 132 valence electrons. The maximum absolute atomic E-state index is 12.6. The van der Waals surface area contributed by atoms with Crippen LogP contribution in [0.4, 0.5) is 18.9 Å². The Balaban J connectivity index is 2.02. The van der Waals surface area contributed by atoms with Gasteiger partial charge < -0.3 is 10.2 Å². The first kappa shape index (κ1) is 18.3. The standard InChI is InChI=1S/C16H20F3N3O2/c1-20-14(23)8-9-21(2)13-7-10-22(15(13)24)12-5-3-11(4-6-12)16(17,18)19/h3-6,13H,7-10H2,1-2H3,(H,20,23)/t13-/m1/s1. The van der Waals surface area contributed by atoms with E-state index >= 15 is 0 Å². The number of nitrogens with zero attached hydrogens (tertiary/aromatic N) is 2. The van der Waals surface area contributed by atoms with Crippen molar-refractivity contribution in [2.75, 3.05) is 32.1 Å². The predicted molar refractivity (Wildman–Crippen MR) is 83.5 cm³/mol. The van der Waals surface area contributed by atoms with Gasteiger partial charge in [0.25, 0.3) is 0 Å². The number of hydrogen-bond acceptors (Lipinski definition) is 3. The summed E-state index contributed by atoms with van der Waals surface area (Å²) in [5.41, 5.74) is -0.285. The maximum Gasteiger partial charge on any atom is 0.416 e. The fourth-order valence-electron chi connectivity index (χ4n) is 2.72. The molecule has 0 saturated carbocycles. The van der Waals surface area contributed by atoms with Gasteiger partial charge in [-0.3, -0.25) is 14.5 Å². The molecule has 1 saturated heterocycles. The molecule has 2 rings (SSSR count). The minimum atomic E-state index is -4.39. The monoisotopic (exact) mass is 343 g/mol. The van der Waals surface area contributed by atoms with Crippen LogP contribution in [0.2, 0.25) is 0 Å². The van der Waals surface area contributed by atoms with Gasteiger partial charge in [0.2, 0.25) is 11.8 Å². The van der Waals surface area contributed by atoms with E-state index in [1.54, 1.807) is 14.1 Å². The largest absolute Gasteiger partial charge is 0.416 e. The summed E-state index contributed by atoms with van der Waals surface area (Å²) in [6, 6.07) is 4.22. The highest BCUT2D eigenvalue weighted by Crippen LogP contribution is 2.31. The quantitative estimate of drug-likeness (QED) is 0.888. The number of amides is 2. The number of carbonyl (C=O) groups excluding carboxylic acids is 2. The van der Waals surface area contributed by atoms with Crippen molar-refractivity contribution in [1.82, 2.24) is 10.2 Å². The van der Waals surface area contributed by atoms with Crippen LogP contribution >= 0.6 is 0 Å². The second kappa shape index (κ2) is 7.21. The van der Waals surface area contributed by atoms with Crippen molar-refractivity contribution in [3.05, 3.63) is 29.8 Å². The molecule has 0 aromatic heterocycles. The third-order valence-electron chi connectivity index (χ3n) is 4.19. The Kier molecular flexibility index (Phi) is 5.48. The number of anilines is 1. The molecular formula is C16H20F3N3O2. The number of likely N-dealkylation sites (N-methyl/N-ethyl adjacent to an activating group) is 1. The highest BCUT2D eigenvalue weighted by Gasteiger charge is 2.36. The highest BCUT2D eigenvalue weighted by molar-refractivity contribution is 5.99. The summed E-state index contributed by atoms with van der Waals surface area (Å²) in [7, 11) is 3.32. The van der Waals surface area contributed by atoms with E-state index in [4.69, 9.17) is 0 Å². The number of hydrogen-bond donors (Lipinski definition) is 1. The van der Waals surface area contributed by atoms with Gasteiger partial charge in [-0.05, 0) is 37.7 Å². The molecule has 8 heteroatoms. The summed E-state index contributed by atoms with van der Waals surface area (Å²) in [5.74, 6) is -0.263. The van der Waals surface area contributed by atoms with Gasteiger partial charge in [0, 0.05) is 32.2 Å². The summed E-state index contributed by atoms with van der Waals surface area (Å²) < 4.78 is 37.8. The van der Waals surface area contributed by atoms with E-state index in [0.29, 0.717) is 25.2 Å². The Morgan fingerprint density at radius 3 is 2.50 bits per heavy atom. The Bertz CT molecular complexity index is 602. The smallest absolute Gasteiger partial charge is 0.359 e. The zero-order valence-corrected chi connectivity index (χ0v) is 13.6. The summed E-state index contributed by atoms with van der Waals surface area (Å²) >= 11 is 0. The molecule has 1 aromatic carbocycles. The van der Waals surface area contributed by atoms with E-state index in [1.165, 1.54) is 17.0 Å². The lowest BCUT2D eigenvalue weighted by Gasteiger charge is -2.23. The fraction of sp³-hybridized carbons (Fsp3) is 0.500. The van der Waals surface area contributed by atoms with Crippen molar-refractivity contribution in [1.29, 1.82) is 0 Å². The van der Waals surface area contributed by atoms with E-state index in [1.807, 2.05) is 4.90 Å². The first-order chi connectivity index (χ1) is 11.2. The molecule has 0 spiro atoms. The Labute approximate surface area is 138 Å². The number of alkyl halides is 3. The van der Waals surface area contributed by atoms with Crippen LogP contribution < -0.4 is 10.2 Å². The fourth-order valence-corrected chi connectivity index (χ4v) is 2.72. The SMILES string of the molecule is CNC(=O)CCN(C)[C@@H]1CCN(c2ccc(C(F)(F)F)cc2)C1=O. The topological polar surface area (TPSA) is 52.7 Å². The van der Waals surface area contributed by atoms with Crippen LogP contribution in [0.25, 0.3) is 0 Å². The molecule has 1 N–H and O–H groups in total. The van der Waals surface area contributed by atoms with Gasteiger partial charge in [-0.15, -0.1) is 0 Å². The van der Waals surface area contributed by atoms with Gasteiger partial charge in [-0.2, -0.15) is 13.2 Å². The number of halogens is 3. The molecule has 0 unspecified atom stereocenters. The van der Waals surface area contributed by atoms with Crippen molar-refractivity contribution in [2.24, 2.45) is 0 Å². The van der Waals surface area contributed by atoms with E-state index in [-0.39, 0.29) is 24.3 Å². The molecule has 1 atom stereocenters. The van der Waals surface area contributed by atoms with Crippen LogP contribution in [-0.2, 0) is 15.8 Å². The predicted octanol–water partition coefficient (Wildman–Crippen LogP) is 1.88. The minimum Gasteiger partial charge on any atom is -0.359 e. The summed E-state index contributed by atoms with van der Waals surface area (Å²) in [4.78, 5) is 27.1. The van der Waals surface area contributed by atoms with Crippen LogP contribution in [0.3, 0.4) is 0 Å². The first-order valence-electron chi connectivity index (χ1n) is 7.63. The van der Waals surface area contributed by atoms with Crippen molar-refractivity contribution >= 4 is 17.5 Å². The number of benzene rings is 1. The van der Waals surface area contributed by atoms with Gasteiger partial charge in [0.05, 0.1) is 11.6 Å². The van der Waals surface area contributed by atoms with Crippen molar-refractivity contribution < 1.29 is 22.8 Å². The molecule has 1 heterocycles. The van der Waals surface area contributed by atoms with E-state index in [9.17, 15) is 22.8 Å². The van der Waals surface area contributed by atoms with Gasteiger partial charge in [-0.1, -0.05) is 0 Å². The second-order valence-electron chi connectivity index (χ2n) is 5.74. The average Bonchev–Trinajstić information content (AvgIpc) is 2.93. The van der Waals surface area contributed by atoms with Crippen LogP contribution in [0.5, 0.6) is 0 Å². The van der Waals surface area contributed by atoms with Crippen LogP contribution in [-0.4, -0.2) is 49.9 Å². The molecule has 0 aliphatic carbocycles. The van der Waals surface area contributed by atoms with E-state index in [2.05, 4.69) is 5.32 Å². The van der Waals surface area contributed by atoms with Gasteiger partial charge in [-0.25, -0.2) is 0 Å². The van der Waals surface area contributed by atoms with Crippen molar-refractivity contribution in [3.8, 4) is 0 Å². The highest BCUT2D eigenvalue weighted by atomic mass is 19.4. The second-order valence-corrected chi connectivity index (χ2v) is 5.74. The normalized spacial score (nSPS) is 18.3. The lowest BCUT2D eigenvalue weighted by molar-refractivity contribution is -0.137. The first-order valence-corrected chi connectivity index (χ1v) is 7.63. The summed E-state index contributed by atoms with van der Waals surface area (Å²) in [5, 5.41) is 2.52. The third kappa shape index (κ3) is 4.05. The molecular weight excluding hydrogens is 323 g/mol. The third-order valence-corrected chi connectivity index (χ3v) is 4.19. The maximum atomic E-state index is 12.6. The zero-order chi connectivity index (χ0) is 17.9.